The topological polar surface area (TPSA) is 50.7 Å². The smallest absolute Gasteiger partial charge is 0.0897 e. The van der Waals surface area contributed by atoms with Crippen molar-refractivity contribution in [2.24, 2.45) is 0 Å². The van der Waals surface area contributed by atoms with E-state index in [1.165, 1.54) is 25.7 Å². The van der Waals surface area contributed by atoms with Crippen LogP contribution >= 0.6 is 11.8 Å². The Kier molecular flexibility index (Phi) is 9.90. The first kappa shape index (κ1) is 18.2. The van der Waals surface area contributed by atoms with E-state index < -0.39 is 6.10 Å². The van der Waals surface area contributed by atoms with Crippen molar-refractivity contribution >= 4 is 11.8 Å². The van der Waals surface area contributed by atoms with Crippen LogP contribution in [0.2, 0.25) is 0 Å². The highest BCUT2D eigenvalue weighted by Gasteiger charge is 2.24. The Morgan fingerprint density at radius 3 is 2.70 bits per heavy atom. The fourth-order valence-corrected chi connectivity index (χ4v) is 3.48. The van der Waals surface area contributed by atoms with E-state index in [2.05, 4.69) is 11.6 Å². The van der Waals surface area contributed by atoms with E-state index in [4.69, 9.17) is 9.47 Å². The zero-order chi connectivity index (χ0) is 14.8. The van der Waals surface area contributed by atoms with E-state index in [-0.39, 0.29) is 6.10 Å². The molecule has 0 bridgehead atoms. The minimum atomic E-state index is -0.432. The van der Waals surface area contributed by atoms with Gasteiger partial charge < -0.3 is 19.9 Å². The van der Waals surface area contributed by atoms with Gasteiger partial charge in [0.25, 0.3) is 0 Å². The molecule has 1 saturated carbocycles. The van der Waals surface area contributed by atoms with Crippen LogP contribution in [0.5, 0.6) is 0 Å². The zero-order valence-electron chi connectivity index (χ0n) is 13.1. The third kappa shape index (κ3) is 7.84. The lowest BCUT2D eigenvalue weighted by molar-refractivity contribution is -0.0106. The molecule has 4 nitrogen and oxygen atoms in total. The molecule has 5 heteroatoms. The molecule has 20 heavy (non-hydrogen) atoms. The first-order chi connectivity index (χ1) is 9.63. The number of rotatable bonds is 10. The summed E-state index contributed by atoms with van der Waals surface area (Å²) >= 11 is 1.94. The van der Waals surface area contributed by atoms with Gasteiger partial charge in [-0.3, -0.25) is 0 Å². The first-order valence-corrected chi connectivity index (χ1v) is 9.06. The van der Waals surface area contributed by atoms with E-state index in [0.29, 0.717) is 37.7 Å². The van der Waals surface area contributed by atoms with Crippen molar-refractivity contribution in [2.75, 3.05) is 32.6 Å². The van der Waals surface area contributed by atoms with Gasteiger partial charge in [-0.15, -0.1) is 0 Å². The molecule has 3 unspecified atom stereocenters. The first-order valence-electron chi connectivity index (χ1n) is 7.77. The van der Waals surface area contributed by atoms with Crippen LogP contribution in [0.3, 0.4) is 0 Å². The Bertz CT molecular complexity index is 241. The maximum absolute atomic E-state index is 9.91. The van der Waals surface area contributed by atoms with Gasteiger partial charge in [-0.2, -0.15) is 11.8 Å². The van der Waals surface area contributed by atoms with Crippen molar-refractivity contribution in [2.45, 2.75) is 63.0 Å². The number of nitrogens with one attached hydrogen (secondary N) is 1. The van der Waals surface area contributed by atoms with E-state index >= 15 is 0 Å². The minimum absolute atomic E-state index is 0.236. The molecule has 0 aliphatic heterocycles. The summed E-state index contributed by atoms with van der Waals surface area (Å²) in [6, 6.07) is 0.540. The van der Waals surface area contributed by atoms with Crippen molar-refractivity contribution in [3.63, 3.8) is 0 Å². The molecule has 1 rings (SSSR count). The molecule has 0 aromatic carbocycles. The molecular weight excluding hydrogens is 274 g/mol. The lowest BCUT2D eigenvalue weighted by atomic mass is 9.95. The van der Waals surface area contributed by atoms with Gasteiger partial charge in [0.05, 0.1) is 32.0 Å². The highest BCUT2D eigenvalue weighted by Crippen LogP contribution is 2.26. The van der Waals surface area contributed by atoms with Gasteiger partial charge in [-0.1, -0.05) is 12.8 Å². The third-order valence-electron chi connectivity index (χ3n) is 3.61. The van der Waals surface area contributed by atoms with Gasteiger partial charge in [-0.25, -0.2) is 0 Å². The van der Waals surface area contributed by atoms with E-state index in [0.717, 1.165) is 0 Å². The van der Waals surface area contributed by atoms with Crippen LogP contribution in [0.25, 0.3) is 0 Å². The Balaban J connectivity index is 2.05. The van der Waals surface area contributed by atoms with Crippen molar-refractivity contribution in [1.82, 2.24) is 5.32 Å². The van der Waals surface area contributed by atoms with Gasteiger partial charge in [0.15, 0.2) is 0 Å². The van der Waals surface area contributed by atoms with Crippen molar-refractivity contribution in [3.05, 3.63) is 0 Å². The lowest BCUT2D eigenvalue weighted by Crippen LogP contribution is -2.44. The van der Waals surface area contributed by atoms with Crippen LogP contribution in [0.4, 0.5) is 0 Å². The average Bonchev–Trinajstić information content (AvgIpc) is 2.44. The fourth-order valence-electron chi connectivity index (χ4n) is 2.52. The zero-order valence-corrected chi connectivity index (χ0v) is 14.0. The summed E-state index contributed by atoms with van der Waals surface area (Å²) in [6.07, 6.45) is 7.13. The molecule has 0 amide bonds. The number of hydrogen-bond donors (Lipinski definition) is 2. The molecule has 1 aliphatic carbocycles. The van der Waals surface area contributed by atoms with Gasteiger partial charge >= 0.3 is 0 Å². The summed E-state index contributed by atoms with van der Waals surface area (Å²) in [5.74, 6) is 0. The van der Waals surface area contributed by atoms with E-state index in [1.807, 2.05) is 25.6 Å². The quantitative estimate of drug-likeness (QED) is 0.605. The van der Waals surface area contributed by atoms with Crippen molar-refractivity contribution in [1.29, 1.82) is 0 Å². The largest absolute Gasteiger partial charge is 0.389 e. The third-order valence-corrected chi connectivity index (χ3v) is 4.78. The predicted molar refractivity (Wildman–Crippen MR) is 85.5 cm³/mol. The molecule has 1 fully saturated rings. The summed E-state index contributed by atoms with van der Waals surface area (Å²) in [6.45, 7) is 6.15. The number of aliphatic hydroxyl groups is 1. The standard InChI is InChI=1S/C15H31NO3S/c1-12(2)19-9-8-18-11-13(17)10-16-14-6-4-5-7-15(14)20-3/h12-17H,4-11H2,1-3H3. The molecule has 0 saturated heterocycles. The normalized spacial score (nSPS) is 25.1. The number of hydrogen-bond acceptors (Lipinski definition) is 5. The number of thioether (sulfide) groups is 1. The molecule has 3 atom stereocenters. The molecule has 0 aromatic rings. The van der Waals surface area contributed by atoms with Crippen molar-refractivity contribution < 1.29 is 14.6 Å². The van der Waals surface area contributed by atoms with Crippen LogP contribution in [0.15, 0.2) is 0 Å². The van der Waals surface area contributed by atoms with E-state index in [9.17, 15) is 5.11 Å². The molecular formula is C15H31NO3S. The Morgan fingerprint density at radius 2 is 2.00 bits per heavy atom. The number of aliphatic hydroxyl groups excluding tert-OH is 1. The summed E-state index contributed by atoms with van der Waals surface area (Å²) in [4.78, 5) is 0. The molecule has 120 valence electrons. The summed E-state index contributed by atoms with van der Waals surface area (Å²) in [5.41, 5.74) is 0. The highest BCUT2D eigenvalue weighted by atomic mass is 32.2. The maximum Gasteiger partial charge on any atom is 0.0897 e. The molecule has 1 aliphatic rings. The van der Waals surface area contributed by atoms with Crippen molar-refractivity contribution in [3.8, 4) is 0 Å². The minimum Gasteiger partial charge on any atom is -0.389 e. The monoisotopic (exact) mass is 305 g/mol. The molecule has 0 heterocycles. The Labute approximate surface area is 128 Å². The second-order valence-corrected chi connectivity index (χ2v) is 6.80. The fraction of sp³-hybridized carbons (Fsp3) is 1.00. The van der Waals surface area contributed by atoms with Gasteiger partial charge in [0.1, 0.15) is 0 Å². The van der Waals surface area contributed by atoms with Gasteiger partial charge in [0.2, 0.25) is 0 Å². The average molecular weight is 305 g/mol. The van der Waals surface area contributed by atoms with Crippen LogP contribution in [0, 0.1) is 0 Å². The molecule has 0 aromatic heterocycles. The maximum atomic E-state index is 9.91. The highest BCUT2D eigenvalue weighted by molar-refractivity contribution is 7.99. The van der Waals surface area contributed by atoms with E-state index in [1.54, 1.807) is 0 Å². The summed E-state index contributed by atoms with van der Waals surface area (Å²) in [7, 11) is 0. The summed E-state index contributed by atoms with van der Waals surface area (Å²) in [5, 5.41) is 14.1. The second-order valence-electron chi connectivity index (χ2n) is 5.72. The lowest BCUT2D eigenvalue weighted by Gasteiger charge is -2.31. The predicted octanol–water partition coefficient (Wildman–Crippen LogP) is 2.05. The van der Waals surface area contributed by atoms with Crippen LogP contribution < -0.4 is 5.32 Å². The van der Waals surface area contributed by atoms with Gasteiger partial charge in [0, 0.05) is 17.8 Å². The Morgan fingerprint density at radius 1 is 1.25 bits per heavy atom. The van der Waals surface area contributed by atoms with Gasteiger partial charge in [-0.05, 0) is 32.9 Å². The number of ether oxygens (including phenoxy) is 2. The second kappa shape index (κ2) is 10.9. The summed E-state index contributed by atoms with van der Waals surface area (Å²) < 4.78 is 10.8. The SMILES string of the molecule is CSC1CCCCC1NCC(O)COCCOC(C)C. The molecule has 2 N–H and O–H groups in total. The Hall–Kier alpha value is 0.190. The molecule has 0 spiro atoms. The molecule has 0 radical (unpaired) electrons. The van der Waals surface area contributed by atoms with Crippen LogP contribution in [-0.4, -0.2) is 61.2 Å². The van der Waals surface area contributed by atoms with Crippen LogP contribution in [-0.2, 0) is 9.47 Å². The van der Waals surface area contributed by atoms with Crippen LogP contribution in [0.1, 0.15) is 39.5 Å².